The Hall–Kier alpha value is 0.250. The van der Waals surface area contributed by atoms with Gasteiger partial charge in [-0.25, -0.2) is 0 Å². The molecule has 0 amide bonds. The van der Waals surface area contributed by atoms with Crippen molar-refractivity contribution in [1.82, 2.24) is 0 Å². The van der Waals surface area contributed by atoms with E-state index < -0.39 is 0 Å². The van der Waals surface area contributed by atoms with Crippen LogP contribution in [-0.2, 0) is 0 Å². The van der Waals surface area contributed by atoms with Crippen LogP contribution in [0.25, 0.3) is 0 Å². The highest BCUT2D eigenvalue weighted by molar-refractivity contribution is 6.18. The van der Waals surface area contributed by atoms with Crippen LogP contribution in [-0.4, -0.2) is 11.4 Å². The molecule has 60 valence electrons. The van der Waals surface area contributed by atoms with Gasteiger partial charge in [0.2, 0.25) is 0 Å². The average molecular weight is 162 g/mol. The first-order valence-corrected chi connectivity index (χ1v) is 4.55. The van der Waals surface area contributed by atoms with E-state index in [2.05, 4.69) is 6.92 Å². The van der Waals surface area contributed by atoms with Gasteiger partial charge in [-0.15, -0.1) is 11.6 Å². The predicted molar refractivity (Wildman–Crippen MR) is 45.3 cm³/mol. The molecule has 0 aliphatic heterocycles. The van der Waals surface area contributed by atoms with Gasteiger partial charge in [0.1, 0.15) is 0 Å². The van der Waals surface area contributed by atoms with Crippen LogP contribution in [0.1, 0.15) is 32.6 Å². The van der Waals surface area contributed by atoms with Gasteiger partial charge in [0.05, 0.1) is 0 Å². The highest BCUT2D eigenvalue weighted by Gasteiger charge is 2.31. The van der Waals surface area contributed by atoms with Gasteiger partial charge in [0.15, 0.2) is 0 Å². The van der Waals surface area contributed by atoms with E-state index in [1.54, 1.807) is 0 Å². The molecule has 1 nitrogen and oxygen atoms in total. The van der Waals surface area contributed by atoms with Gasteiger partial charge in [-0.2, -0.15) is 0 Å². The van der Waals surface area contributed by atoms with Crippen LogP contribution in [0.2, 0.25) is 0 Å². The first-order valence-electron chi connectivity index (χ1n) is 4.01. The Morgan fingerprint density at radius 3 is 2.70 bits per heavy atom. The maximum absolute atomic E-state index is 6.05. The average Bonchev–Trinajstić information content (AvgIpc) is 1.87. The van der Waals surface area contributed by atoms with Crippen LogP contribution in [0.4, 0.5) is 0 Å². The van der Waals surface area contributed by atoms with E-state index in [9.17, 15) is 0 Å². The van der Waals surface area contributed by atoms with Crippen molar-refractivity contribution >= 4 is 11.6 Å². The van der Waals surface area contributed by atoms with Crippen molar-refractivity contribution in [2.45, 2.75) is 38.1 Å². The lowest BCUT2D eigenvalue weighted by Crippen LogP contribution is -2.47. The lowest BCUT2D eigenvalue weighted by Gasteiger charge is -2.37. The zero-order valence-corrected chi connectivity index (χ0v) is 7.32. The maximum Gasteiger partial charge on any atom is 0.0269 e. The summed E-state index contributed by atoms with van der Waals surface area (Å²) in [6, 6.07) is 0. The second kappa shape index (κ2) is 3.10. The van der Waals surface area contributed by atoms with Gasteiger partial charge in [0, 0.05) is 11.4 Å². The molecule has 1 aliphatic carbocycles. The largest absolute Gasteiger partial charge is 0.325 e. The second-order valence-electron chi connectivity index (χ2n) is 3.60. The summed E-state index contributed by atoms with van der Waals surface area (Å²) in [4.78, 5) is 0. The van der Waals surface area contributed by atoms with E-state index in [0.717, 1.165) is 12.3 Å². The highest BCUT2D eigenvalue weighted by atomic mass is 35.5. The summed E-state index contributed by atoms with van der Waals surface area (Å²) >= 11 is 5.78. The summed E-state index contributed by atoms with van der Waals surface area (Å²) in [7, 11) is 0. The number of hydrogen-bond acceptors (Lipinski definition) is 1. The van der Waals surface area contributed by atoms with Crippen molar-refractivity contribution < 1.29 is 0 Å². The molecule has 2 N–H and O–H groups in total. The molecule has 0 spiro atoms. The minimum atomic E-state index is 0.0139. The van der Waals surface area contributed by atoms with E-state index >= 15 is 0 Å². The van der Waals surface area contributed by atoms with Gasteiger partial charge in [-0.05, 0) is 25.7 Å². The molecular weight excluding hydrogens is 146 g/mol. The van der Waals surface area contributed by atoms with Gasteiger partial charge in [-0.3, -0.25) is 0 Å². The molecule has 10 heavy (non-hydrogen) atoms. The van der Waals surface area contributed by atoms with Crippen LogP contribution < -0.4 is 5.73 Å². The van der Waals surface area contributed by atoms with Crippen molar-refractivity contribution in [1.29, 1.82) is 0 Å². The third-order valence-corrected chi connectivity index (χ3v) is 3.01. The number of nitrogens with two attached hydrogens (primary N) is 1. The van der Waals surface area contributed by atoms with Crippen molar-refractivity contribution in [3.63, 3.8) is 0 Å². The van der Waals surface area contributed by atoms with Crippen molar-refractivity contribution in [2.75, 3.05) is 5.88 Å². The van der Waals surface area contributed by atoms with Gasteiger partial charge >= 0.3 is 0 Å². The Labute approximate surface area is 67.9 Å². The molecule has 0 bridgehead atoms. The summed E-state index contributed by atoms with van der Waals surface area (Å²) < 4.78 is 0. The van der Waals surface area contributed by atoms with Crippen LogP contribution in [0.3, 0.4) is 0 Å². The molecule has 0 heterocycles. The molecule has 0 aromatic carbocycles. The fraction of sp³-hybridized carbons (Fsp3) is 1.00. The third-order valence-electron chi connectivity index (χ3n) is 2.64. The molecule has 1 saturated carbocycles. The zero-order chi connectivity index (χ0) is 7.61. The highest BCUT2D eigenvalue weighted by Crippen LogP contribution is 2.31. The minimum absolute atomic E-state index is 0.0139. The molecule has 2 unspecified atom stereocenters. The SMILES string of the molecule is CC1(N)CCCCC1CCl. The van der Waals surface area contributed by atoms with Gasteiger partial charge in [-0.1, -0.05) is 12.8 Å². The standard InChI is InChI=1S/C8H16ClN/c1-8(10)5-3-2-4-7(8)6-9/h7H,2-6,10H2,1H3. The Kier molecular flexibility index (Phi) is 2.59. The minimum Gasteiger partial charge on any atom is -0.325 e. The molecule has 1 fully saturated rings. The number of halogens is 1. The first kappa shape index (κ1) is 8.35. The predicted octanol–water partition coefficient (Wildman–Crippen LogP) is 2.13. The van der Waals surface area contributed by atoms with Gasteiger partial charge < -0.3 is 5.73 Å². The fourth-order valence-electron chi connectivity index (χ4n) is 1.68. The molecule has 1 rings (SSSR count). The van der Waals surface area contributed by atoms with E-state index in [1.165, 1.54) is 19.3 Å². The van der Waals surface area contributed by atoms with Crippen molar-refractivity contribution in [2.24, 2.45) is 11.7 Å². The van der Waals surface area contributed by atoms with Crippen LogP contribution in [0.5, 0.6) is 0 Å². The number of alkyl halides is 1. The molecule has 2 heteroatoms. The normalized spacial score (nSPS) is 41.7. The van der Waals surface area contributed by atoms with Crippen molar-refractivity contribution in [3.05, 3.63) is 0 Å². The van der Waals surface area contributed by atoms with Crippen molar-refractivity contribution in [3.8, 4) is 0 Å². The van der Waals surface area contributed by atoms with Gasteiger partial charge in [0.25, 0.3) is 0 Å². The van der Waals surface area contributed by atoms with E-state index in [4.69, 9.17) is 17.3 Å². The molecular formula is C8H16ClN. The van der Waals surface area contributed by atoms with E-state index in [1.807, 2.05) is 0 Å². The van der Waals surface area contributed by atoms with E-state index in [-0.39, 0.29) is 5.54 Å². The topological polar surface area (TPSA) is 26.0 Å². The van der Waals surface area contributed by atoms with Crippen LogP contribution in [0.15, 0.2) is 0 Å². The van der Waals surface area contributed by atoms with Crippen LogP contribution in [0, 0.1) is 5.92 Å². The fourth-order valence-corrected chi connectivity index (χ4v) is 2.19. The first-order chi connectivity index (χ1) is 4.67. The smallest absolute Gasteiger partial charge is 0.0269 e. The summed E-state index contributed by atoms with van der Waals surface area (Å²) in [5.74, 6) is 1.27. The lowest BCUT2D eigenvalue weighted by atomic mass is 9.76. The molecule has 0 aromatic rings. The van der Waals surface area contributed by atoms with E-state index in [0.29, 0.717) is 5.92 Å². The number of hydrogen-bond donors (Lipinski definition) is 1. The molecule has 1 aliphatic rings. The second-order valence-corrected chi connectivity index (χ2v) is 3.91. The zero-order valence-electron chi connectivity index (χ0n) is 6.57. The lowest BCUT2D eigenvalue weighted by molar-refractivity contribution is 0.229. The Morgan fingerprint density at radius 1 is 1.60 bits per heavy atom. The monoisotopic (exact) mass is 161 g/mol. The summed E-state index contributed by atoms with van der Waals surface area (Å²) in [5.41, 5.74) is 6.06. The van der Waals surface area contributed by atoms with Crippen LogP contribution >= 0.6 is 11.6 Å². The summed E-state index contributed by atoms with van der Waals surface area (Å²) in [5, 5.41) is 0. The summed E-state index contributed by atoms with van der Waals surface area (Å²) in [6.45, 7) is 2.12. The third kappa shape index (κ3) is 1.64. The Bertz CT molecular complexity index is 112. The maximum atomic E-state index is 6.05. The molecule has 0 aromatic heterocycles. The summed E-state index contributed by atoms with van der Waals surface area (Å²) in [6.07, 6.45) is 4.95. The molecule has 0 saturated heterocycles. The molecule has 2 atom stereocenters. The number of rotatable bonds is 1. The molecule has 0 radical (unpaired) electrons. The quantitative estimate of drug-likeness (QED) is 0.586. The Morgan fingerprint density at radius 2 is 2.30 bits per heavy atom. The Balaban J connectivity index is 2.51.